The molecular weight excluding hydrogens is 440 g/mol. The second-order valence-corrected chi connectivity index (χ2v) is 10.8. The Morgan fingerprint density at radius 2 is 2.00 bits per heavy atom. The summed E-state index contributed by atoms with van der Waals surface area (Å²) in [5.74, 6) is 0.189. The lowest BCUT2D eigenvalue weighted by molar-refractivity contribution is 0.0681. The van der Waals surface area contributed by atoms with Crippen molar-refractivity contribution in [2.45, 2.75) is 63.0 Å². The maximum atomic E-state index is 13.2. The first-order chi connectivity index (χ1) is 15.8. The number of carbonyl (C=O) groups is 1. The Kier molecular flexibility index (Phi) is 7.36. The van der Waals surface area contributed by atoms with E-state index in [2.05, 4.69) is 5.32 Å². The lowest BCUT2D eigenvalue weighted by Crippen LogP contribution is -2.41. The molecule has 2 saturated heterocycles. The van der Waals surface area contributed by atoms with Crippen LogP contribution in [-0.2, 0) is 14.8 Å². The Morgan fingerprint density at radius 1 is 1.15 bits per heavy atom. The lowest BCUT2D eigenvalue weighted by atomic mass is 10.1. The Balaban J connectivity index is 1.51. The largest absolute Gasteiger partial charge is 0.489 e. The van der Waals surface area contributed by atoms with Gasteiger partial charge in [-0.25, -0.2) is 8.42 Å². The molecule has 1 amide bonds. The van der Waals surface area contributed by atoms with Gasteiger partial charge in [0.15, 0.2) is 0 Å². The Labute approximate surface area is 196 Å². The highest BCUT2D eigenvalue weighted by molar-refractivity contribution is 7.89. The summed E-state index contributed by atoms with van der Waals surface area (Å²) >= 11 is 0. The van der Waals surface area contributed by atoms with Crippen LogP contribution in [0.15, 0.2) is 47.4 Å². The summed E-state index contributed by atoms with van der Waals surface area (Å²) in [4.78, 5) is 13.2. The minimum absolute atomic E-state index is 0.0441. The fraction of sp³-hybridized carbons (Fsp3) is 0.480. The monoisotopic (exact) mass is 472 g/mol. The summed E-state index contributed by atoms with van der Waals surface area (Å²) in [5, 5.41) is 2.88. The van der Waals surface area contributed by atoms with Gasteiger partial charge in [0, 0.05) is 24.8 Å². The fourth-order valence-corrected chi connectivity index (χ4v) is 6.11. The van der Waals surface area contributed by atoms with Crippen LogP contribution in [0.5, 0.6) is 5.75 Å². The molecule has 2 heterocycles. The van der Waals surface area contributed by atoms with Crippen LogP contribution in [0.25, 0.3) is 0 Å². The van der Waals surface area contributed by atoms with E-state index in [0.29, 0.717) is 24.6 Å². The molecule has 2 aliphatic heterocycles. The molecule has 2 aromatic carbocycles. The fourth-order valence-electron chi connectivity index (χ4n) is 4.37. The topological polar surface area (TPSA) is 84.9 Å². The van der Waals surface area contributed by atoms with Crippen LogP contribution in [0.1, 0.15) is 54.9 Å². The molecule has 0 radical (unpaired) electrons. The van der Waals surface area contributed by atoms with Gasteiger partial charge in [0.25, 0.3) is 5.91 Å². The molecule has 178 valence electrons. The molecule has 2 fully saturated rings. The summed E-state index contributed by atoms with van der Waals surface area (Å²) < 4.78 is 39.5. The van der Waals surface area contributed by atoms with Gasteiger partial charge in [-0.05, 0) is 75.4 Å². The van der Waals surface area contributed by atoms with Gasteiger partial charge >= 0.3 is 0 Å². The number of nitrogens with zero attached hydrogens (tertiary/aromatic N) is 1. The molecule has 0 aromatic heterocycles. The zero-order chi connectivity index (χ0) is 23.4. The molecule has 8 heteroatoms. The third kappa shape index (κ3) is 5.57. The maximum absolute atomic E-state index is 13.2. The summed E-state index contributed by atoms with van der Waals surface area (Å²) in [5.41, 5.74) is 1.84. The van der Waals surface area contributed by atoms with Crippen LogP contribution in [0, 0.1) is 6.92 Å². The maximum Gasteiger partial charge on any atom is 0.255 e. The predicted octanol–water partition coefficient (Wildman–Crippen LogP) is 4.37. The number of benzene rings is 2. The van der Waals surface area contributed by atoms with E-state index < -0.39 is 10.0 Å². The van der Waals surface area contributed by atoms with Gasteiger partial charge in [-0.3, -0.25) is 4.79 Å². The molecule has 7 nitrogen and oxygen atoms in total. The first-order valence-corrected chi connectivity index (χ1v) is 13.1. The molecule has 0 spiro atoms. The van der Waals surface area contributed by atoms with Crippen molar-refractivity contribution in [3.8, 4) is 5.75 Å². The van der Waals surface area contributed by atoms with Gasteiger partial charge in [-0.1, -0.05) is 18.6 Å². The van der Waals surface area contributed by atoms with Crippen molar-refractivity contribution in [2.75, 3.05) is 25.1 Å². The van der Waals surface area contributed by atoms with Gasteiger partial charge < -0.3 is 14.8 Å². The number of ether oxygens (including phenoxy) is 2. The summed E-state index contributed by atoms with van der Waals surface area (Å²) in [6, 6.07) is 11.8. The summed E-state index contributed by atoms with van der Waals surface area (Å²) in [7, 11) is -3.66. The number of piperidine rings is 1. The van der Waals surface area contributed by atoms with Gasteiger partial charge in [0.05, 0.1) is 16.7 Å². The first kappa shape index (κ1) is 23.7. The first-order valence-electron chi connectivity index (χ1n) is 11.6. The smallest absolute Gasteiger partial charge is 0.255 e. The number of aryl methyl sites for hydroxylation is 1. The molecule has 2 atom stereocenters. The molecule has 0 aliphatic carbocycles. The SMILES string of the molecule is Cc1ccc(NC(=O)c2cccc(S(=O)(=O)N3CCCCC3C)c2)c(OCC2CCCO2)c1. The van der Waals surface area contributed by atoms with E-state index in [9.17, 15) is 13.2 Å². The highest BCUT2D eigenvalue weighted by atomic mass is 32.2. The van der Waals surface area contributed by atoms with Crippen LogP contribution in [0.4, 0.5) is 5.69 Å². The van der Waals surface area contributed by atoms with Gasteiger partial charge in [-0.2, -0.15) is 4.31 Å². The van der Waals surface area contributed by atoms with Crippen molar-refractivity contribution in [1.82, 2.24) is 4.31 Å². The highest BCUT2D eigenvalue weighted by Crippen LogP contribution is 2.29. The van der Waals surface area contributed by atoms with Crippen LogP contribution in [0.3, 0.4) is 0 Å². The number of hydrogen-bond acceptors (Lipinski definition) is 5. The van der Waals surface area contributed by atoms with E-state index in [1.165, 1.54) is 6.07 Å². The van der Waals surface area contributed by atoms with Crippen LogP contribution < -0.4 is 10.1 Å². The van der Waals surface area contributed by atoms with Crippen molar-refractivity contribution in [3.05, 3.63) is 53.6 Å². The number of carbonyl (C=O) groups excluding carboxylic acids is 1. The van der Waals surface area contributed by atoms with Gasteiger partial charge in [0.2, 0.25) is 10.0 Å². The molecular formula is C25H32N2O5S. The number of rotatable bonds is 7. The standard InChI is InChI=1S/C25H32N2O5S/c1-18-11-12-23(24(15-18)32-17-21-9-6-14-31-21)26-25(28)20-8-5-10-22(16-20)33(29,30)27-13-4-3-7-19(27)2/h5,8,10-12,15-16,19,21H,3-4,6-7,9,13-14,17H2,1-2H3,(H,26,28). The normalized spacial score (nSPS) is 21.6. The molecule has 4 rings (SSSR count). The number of sulfonamides is 1. The van der Waals surface area contributed by atoms with Crippen molar-refractivity contribution < 1.29 is 22.7 Å². The number of hydrogen-bond donors (Lipinski definition) is 1. The molecule has 0 saturated carbocycles. The molecule has 2 aromatic rings. The van der Waals surface area contributed by atoms with Crippen molar-refractivity contribution in [2.24, 2.45) is 0 Å². The van der Waals surface area contributed by atoms with Gasteiger partial charge in [-0.15, -0.1) is 0 Å². The quantitative estimate of drug-likeness (QED) is 0.647. The molecule has 1 N–H and O–H groups in total. The molecule has 33 heavy (non-hydrogen) atoms. The van der Waals surface area contributed by atoms with E-state index in [1.807, 2.05) is 26.0 Å². The Bertz CT molecular complexity index is 1100. The molecule has 2 unspecified atom stereocenters. The minimum Gasteiger partial charge on any atom is -0.489 e. The summed E-state index contributed by atoms with van der Waals surface area (Å²) in [6.45, 7) is 5.58. The van der Waals surface area contributed by atoms with Crippen molar-refractivity contribution in [3.63, 3.8) is 0 Å². The van der Waals surface area contributed by atoms with E-state index in [1.54, 1.807) is 28.6 Å². The average Bonchev–Trinajstić information content (AvgIpc) is 3.33. The predicted molar refractivity (Wildman–Crippen MR) is 127 cm³/mol. The lowest BCUT2D eigenvalue weighted by Gasteiger charge is -2.32. The third-order valence-electron chi connectivity index (χ3n) is 6.28. The van der Waals surface area contributed by atoms with E-state index in [-0.39, 0.29) is 28.5 Å². The van der Waals surface area contributed by atoms with Crippen LogP contribution >= 0.6 is 0 Å². The Morgan fingerprint density at radius 3 is 2.76 bits per heavy atom. The second kappa shape index (κ2) is 10.2. The van der Waals surface area contributed by atoms with E-state index >= 15 is 0 Å². The Hall–Kier alpha value is -2.42. The number of anilines is 1. The minimum atomic E-state index is -3.66. The second-order valence-electron chi connectivity index (χ2n) is 8.89. The van der Waals surface area contributed by atoms with Crippen LogP contribution in [-0.4, -0.2) is 50.5 Å². The number of amides is 1. The molecule has 2 aliphatic rings. The van der Waals surface area contributed by atoms with Crippen molar-refractivity contribution in [1.29, 1.82) is 0 Å². The average molecular weight is 473 g/mol. The van der Waals surface area contributed by atoms with Crippen LogP contribution in [0.2, 0.25) is 0 Å². The number of nitrogens with one attached hydrogen (secondary N) is 1. The van der Waals surface area contributed by atoms with E-state index in [4.69, 9.17) is 9.47 Å². The third-order valence-corrected chi connectivity index (χ3v) is 8.29. The van der Waals surface area contributed by atoms with Crippen molar-refractivity contribution >= 4 is 21.6 Å². The summed E-state index contributed by atoms with van der Waals surface area (Å²) in [6.07, 6.45) is 4.79. The van der Waals surface area contributed by atoms with E-state index in [0.717, 1.165) is 44.3 Å². The molecule has 0 bridgehead atoms. The van der Waals surface area contributed by atoms with Gasteiger partial charge in [0.1, 0.15) is 12.4 Å². The zero-order valence-electron chi connectivity index (χ0n) is 19.2. The highest BCUT2D eigenvalue weighted by Gasteiger charge is 2.31. The zero-order valence-corrected chi connectivity index (χ0v) is 20.1.